The highest BCUT2D eigenvalue weighted by Crippen LogP contribution is 2.28. The van der Waals surface area contributed by atoms with Gasteiger partial charge in [-0.15, -0.1) is 11.3 Å². The molecule has 2 fully saturated rings. The van der Waals surface area contributed by atoms with E-state index < -0.39 is 0 Å². The third-order valence-corrected chi connectivity index (χ3v) is 6.37. The van der Waals surface area contributed by atoms with Crippen LogP contribution in [0.5, 0.6) is 0 Å². The van der Waals surface area contributed by atoms with Crippen molar-refractivity contribution in [3.63, 3.8) is 0 Å². The van der Waals surface area contributed by atoms with Crippen LogP contribution >= 0.6 is 11.3 Å². The van der Waals surface area contributed by atoms with E-state index in [1.165, 1.54) is 36.8 Å². The van der Waals surface area contributed by atoms with E-state index in [4.69, 9.17) is 0 Å². The predicted molar refractivity (Wildman–Crippen MR) is 96.2 cm³/mol. The Kier molecular flexibility index (Phi) is 4.36. The van der Waals surface area contributed by atoms with Gasteiger partial charge in [0.1, 0.15) is 0 Å². The monoisotopic (exact) mass is 328 g/mol. The normalized spacial score (nSPS) is 21.0. The van der Waals surface area contributed by atoms with E-state index in [1.54, 1.807) is 11.3 Å². The standard InChI is InChI=1S/C19H24N2OS/c22-19(17-14-23-18-9-5-4-8-16(17)18)21-12-10-20(11-13-21)15-6-2-1-3-7-15/h4-5,8-9,14-15H,1-3,6-7,10-13H2. The maximum atomic E-state index is 12.9. The maximum absolute atomic E-state index is 12.9. The average Bonchev–Trinajstić information content (AvgIpc) is 3.06. The maximum Gasteiger partial charge on any atom is 0.255 e. The predicted octanol–water partition coefficient (Wildman–Crippen LogP) is 3.99. The molecule has 122 valence electrons. The summed E-state index contributed by atoms with van der Waals surface area (Å²) in [5, 5.41) is 3.14. The van der Waals surface area contributed by atoms with Crippen LogP contribution in [-0.4, -0.2) is 47.9 Å². The molecule has 0 atom stereocenters. The lowest BCUT2D eigenvalue weighted by atomic mass is 9.94. The number of amides is 1. The molecule has 0 radical (unpaired) electrons. The summed E-state index contributed by atoms with van der Waals surface area (Å²) in [6.45, 7) is 3.83. The van der Waals surface area contributed by atoms with E-state index in [2.05, 4.69) is 17.0 Å². The van der Waals surface area contributed by atoms with Gasteiger partial charge in [-0.05, 0) is 18.9 Å². The summed E-state index contributed by atoms with van der Waals surface area (Å²) in [5.41, 5.74) is 0.886. The average molecular weight is 328 g/mol. The van der Waals surface area contributed by atoms with Crippen molar-refractivity contribution < 1.29 is 4.79 Å². The molecule has 4 heteroatoms. The van der Waals surface area contributed by atoms with Crippen LogP contribution in [0.2, 0.25) is 0 Å². The summed E-state index contributed by atoms with van der Waals surface area (Å²) in [5.74, 6) is 0.214. The van der Waals surface area contributed by atoms with Gasteiger partial charge in [0.05, 0.1) is 5.56 Å². The number of hydrogen-bond acceptors (Lipinski definition) is 3. The number of thiophene rings is 1. The lowest BCUT2D eigenvalue weighted by Gasteiger charge is -2.40. The van der Waals surface area contributed by atoms with Crippen LogP contribution in [0.15, 0.2) is 29.6 Å². The summed E-state index contributed by atoms with van der Waals surface area (Å²) >= 11 is 1.67. The summed E-state index contributed by atoms with van der Waals surface area (Å²) in [7, 11) is 0. The molecule has 4 rings (SSSR count). The van der Waals surface area contributed by atoms with Gasteiger partial charge in [-0.25, -0.2) is 0 Å². The van der Waals surface area contributed by atoms with Gasteiger partial charge in [0.25, 0.3) is 5.91 Å². The molecule has 2 aromatic rings. The quantitative estimate of drug-likeness (QED) is 0.832. The fraction of sp³-hybridized carbons (Fsp3) is 0.526. The van der Waals surface area contributed by atoms with E-state index in [1.807, 2.05) is 22.4 Å². The molecule has 2 heterocycles. The Morgan fingerprint density at radius 2 is 1.74 bits per heavy atom. The summed E-state index contributed by atoms with van der Waals surface area (Å²) < 4.78 is 1.21. The van der Waals surface area contributed by atoms with E-state index in [-0.39, 0.29) is 5.91 Å². The van der Waals surface area contributed by atoms with Gasteiger partial charge in [0.2, 0.25) is 0 Å². The number of benzene rings is 1. The van der Waals surface area contributed by atoms with E-state index in [0.29, 0.717) is 0 Å². The highest BCUT2D eigenvalue weighted by atomic mass is 32.1. The zero-order valence-electron chi connectivity index (χ0n) is 13.5. The van der Waals surface area contributed by atoms with E-state index in [0.717, 1.165) is 43.2 Å². The van der Waals surface area contributed by atoms with Crippen LogP contribution in [0.4, 0.5) is 0 Å². The molecule has 1 saturated carbocycles. The molecule has 1 amide bonds. The molecule has 3 nitrogen and oxygen atoms in total. The van der Waals surface area contributed by atoms with Gasteiger partial charge < -0.3 is 4.90 Å². The van der Waals surface area contributed by atoms with Crippen LogP contribution in [0, 0.1) is 0 Å². The molecule has 0 unspecified atom stereocenters. The van der Waals surface area contributed by atoms with Crippen molar-refractivity contribution in [2.45, 2.75) is 38.1 Å². The molecule has 1 aromatic carbocycles. The lowest BCUT2D eigenvalue weighted by Crippen LogP contribution is -2.52. The third kappa shape index (κ3) is 3.02. The Labute approximate surface area is 141 Å². The van der Waals surface area contributed by atoms with Crippen LogP contribution in [0.1, 0.15) is 42.5 Å². The Morgan fingerprint density at radius 3 is 2.52 bits per heavy atom. The number of carbonyl (C=O) groups is 1. The number of carbonyl (C=O) groups excluding carboxylic acids is 1. The fourth-order valence-electron chi connectivity index (χ4n) is 4.05. The lowest BCUT2D eigenvalue weighted by molar-refractivity contribution is 0.0525. The highest BCUT2D eigenvalue weighted by Gasteiger charge is 2.28. The number of nitrogens with zero attached hydrogens (tertiary/aromatic N) is 2. The molecule has 1 aromatic heterocycles. The first-order valence-electron chi connectivity index (χ1n) is 8.82. The Hall–Kier alpha value is -1.39. The SMILES string of the molecule is O=C(c1csc2ccccc12)N1CCN(C2CCCCC2)CC1. The van der Waals surface area contributed by atoms with Crippen molar-refractivity contribution >= 4 is 27.3 Å². The van der Waals surface area contributed by atoms with Crippen molar-refractivity contribution in [2.24, 2.45) is 0 Å². The molecule has 23 heavy (non-hydrogen) atoms. The first-order valence-corrected chi connectivity index (χ1v) is 9.70. The van der Waals surface area contributed by atoms with Gasteiger partial charge in [-0.2, -0.15) is 0 Å². The van der Waals surface area contributed by atoms with E-state index in [9.17, 15) is 4.79 Å². The largest absolute Gasteiger partial charge is 0.336 e. The second-order valence-electron chi connectivity index (χ2n) is 6.77. The van der Waals surface area contributed by atoms with Gasteiger partial charge in [0, 0.05) is 47.7 Å². The smallest absolute Gasteiger partial charge is 0.255 e. The molecule has 1 aliphatic heterocycles. The van der Waals surface area contributed by atoms with Crippen LogP contribution in [-0.2, 0) is 0 Å². The molecule has 0 N–H and O–H groups in total. The van der Waals surface area contributed by atoms with Crippen LogP contribution in [0.25, 0.3) is 10.1 Å². The number of fused-ring (bicyclic) bond motifs is 1. The van der Waals surface area contributed by atoms with E-state index >= 15 is 0 Å². The molecule has 1 saturated heterocycles. The number of piperazine rings is 1. The Bertz CT molecular complexity index is 681. The van der Waals surface area contributed by atoms with Crippen LogP contribution < -0.4 is 0 Å². The zero-order chi connectivity index (χ0) is 15.6. The first kappa shape index (κ1) is 15.2. The van der Waals surface area contributed by atoms with Crippen LogP contribution in [0.3, 0.4) is 0 Å². The molecular formula is C19H24N2OS. The van der Waals surface area contributed by atoms with Crippen molar-refractivity contribution in [1.82, 2.24) is 9.80 Å². The molecule has 0 spiro atoms. The third-order valence-electron chi connectivity index (χ3n) is 5.40. The molecule has 1 aliphatic carbocycles. The van der Waals surface area contributed by atoms with Gasteiger partial charge in [-0.1, -0.05) is 37.5 Å². The topological polar surface area (TPSA) is 23.6 Å². The Morgan fingerprint density at radius 1 is 1.00 bits per heavy atom. The zero-order valence-corrected chi connectivity index (χ0v) is 14.4. The second kappa shape index (κ2) is 6.62. The fourth-order valence-corrected chi connectivity index (χ4v) is 4.98. The molecular weight excluding hydrogens is 304 g/mol. The summed E-state index contributed by atoms with van der Waals surface area (Å²) in [6.07, 6.45) is 6.86. The molecule has 0 bridgehead atoms. The minimum Gasteiger partial charge on any atom is -0.336 e. The van der Waals surface area contributed by atoms with Crippen molar-refractivity contribution in [3.05, 3.63) is 35.2 Å². The van der Waals surface area contributed by atoms with Gasteiger partial charge in [0.15, 0.2) is 0 Å². The number of rotatable bonds is 2. The number of hydrogen-bond donors (Lipinski definition) is 0. The van der Waals surface area contributed by atoms with Gasteiger partial charge >= 0.3 is 0 Å². The van der Waals surface area contributed by atoms with Crippen molar-refractivity contribution in [1.29, 1.82) is 0 Å². The summed E-state index contributed by atoms with van der Waals surface area (Å²) in [4.78, 5) is 17.5. The summed E-state index contributed by atoms with van der Waals surface area (Å²) in [6, 6.07) is 8.99. The minimum atomic E-state index is 0.214. The highest BCUT2D eigenvalue weighted by molar-refractivity contribution is 7.17. The van der Waals surface area contributed by atoms with Gasteiger partial charge in [-0.3, -0.25) is 9.69 Å². The minimum absolute atomic E-state index is 0.214. The Balaban J connectivity index is 1.42. The van der Waals surface area contributed by atoms with Crippen molar-refractivity contribution in [2.75, 3.05) is 26.2 Å². The first-order chi connectivity index (χ1) is 11.3. The second-order valence-corrected chi connectivity index (χ2v) is 7.68. The molecule has 2 aliphatic rings. The van der Waals surface area contributed by atoms with Crippen molar-refractivity contribution in [3.8, 4) is 0 Å².